The zero-order valence-corrected chi connectivity index (χ0v) is 12.2. The maximum atomic E-state index is 13.1. The summed E-state index contributed by atoms with van der Waals surface area (Å²) in [5.74, 6) is -1.45. The Morgan fingerprint density at radius 2 is 1.62 bits per heavy atom. The average Bonchev–Trinajstić information content (AvgIpc) is 3.02. The molecule has 3 aromatic heterocycles. The first-order chi connectivity index (χ1) is 11.7. The van der Waals surface area contributed by atoms with E-state index in [1.165, 1.54) is 0 Å². The molecule has 0 unspecified atom stereocenters. The van der Waals surface area contributed by atoms with E-state index in [1.807, 2.05) is 28.9 Å². The third-order valence-corrected chi connectivity index (χ3v) is 3.40. The van der Waals surface area contributed by atoms with Crippen LogP contribution in [0.15, 0.2) is 61.3 Å². The third kappa shape index (κ3) is 2.79. The van der Waals surface area contributed by atoms with Crippen LogP contribution < -0.4 is 4.74 Å². The molecule has 0 amide bonds. The molecule has 4 rings (SSSR count). The second-order valence-corrected chi connectivity index (χ2v) is 5.07. The molecule has 118 valence electrons. The van der Waals surface area contributed by atoms with Crippen molar-refractivity contribution in [3.8, 4) is 22.9 Å². The van der Waals surface area contributed by atoms with Crippen molar-refractivity contribution in [1.82, 2.24) is 19.4 Å². The van der Waals surface area contributed by atoms with E-state index in [0.717, 1.165) is 35.0 Å². The number of aromatic nitrogens is 4. The molecule has 0 N–H and O–H groups in total. The van der Waals surface area contributed by atoms with E-state index in [0.29, 0.717) is 0 Å². The van der Waals surface area contributed by atoms with Crippen LogP contribution in [0.25, 0.3) is 16.8 Å². The Balaban J connectivity index is 1.59. The van der Waals surface area contributed by atoms with Crippen LogP contribution >= 0.6 is 0 Å². The van der Waals surface area contributed by atoms with E-state index in [9.17, 15) is 8.78 Å². The van der Waals surface area contributed by atoms with Crippen molar-refractivity contribution >= 4 is 5.65 Å². The van der Waals surface area contributed by atoms with Crippen molar-refractivity contribution in [3.05, 3.63) is 73.0 Å². The zero-order chi connectivity index (χ0) is 16.5. The monoisotopic (exact) mass is 324 g/mol. The molecule has 0 atom stereocenters. The molecule has 0 aliphatic carbocycles. The Bertz CT molecular complexity index is 994. The average molecular weight is 324 g/mol. The predicted octanol–water partition coefficient (Wildman–Crippen LogP) is 3.86. The van der Waals surface area contributed by atoms with Crippen LogP contribution in [0.4, 0.5) is 8.78 Å². The van der Waals surface area contributed by atoms with Crippen LogP contribution in [0.1, 0.15) is 0 Å². The lowest BCUT2D eigenvalue weighted by Gasteiger charge is -2.06. The highest BCUT2D eigenvalue weighted by molar-refractivity contribution is 5.63. The third-order valence-electron chi connectivity index (χ3n) is 3.40. The van der Waals surface area contributed by atoms with Crippen molar-refractivity contribution in [2.75, 3.05) is 0 Å². The summed E-state index contributed by atoms with van der Waals surface area (Å²) in [5.41, 5.74) is 2.53. The maximum absolute atomic E-state index is 13.1. The van der Waals surface area contributed by atoms with Gasteiger partial charge in [0.1, 0.15) is 23.0 Å². The van der Waals surface area contributed by atoms with Crippen LogP contribution in [0, 0.1) is 11.6 Å². The Labute approximate surface area is 135 Å². The lowest BCUT2D eigenvalue weighted by Crippen LogP contribution is -1.94. The Hall–Kier alpha value is -3.35. The zero-order valence-electron chi connectivity index (χ0n) is 12.2. The number of rotatable bonds is 3. The summed E-state index contributed by atoms with van der Waals surface area (Å²) >= 11 is 0. The summed E-state index contributed by atoms with van der Waals surface area (Å²) in [6.07, 6.45) is 8.62. The van der Waals surface area contributed by atoms with E-state index in [2.05, 4.69) is 15.0 Å². The van der Waals surface area contributed by atoms with Crippen molar-refractivity contribution in [1.29, 1.82) is 0 Å². The molecule has 0 spiro atoms. The Morgan fingerprint density at radius 1 is 0.875 bits per heavy atom. The van der Waals surface area contributed by atoms with Gasteiger partial charge in [-0.15, -0.1) is 0 Å². The minimum Gasteiger partial charge on any atom is -0.424 e. The van der Waals surface area contributed by atoms with Crippen LogP contribution in [0.3, 0.4) is 0 Å². The Morgan fingerprint density at radius 3 is 2.38 bits per heavy atom. The minimum atomic E-state index is -0.727. The molecule has 0 bridgehead atoms. The fraction of sp³-hybridized carbons (Fsp3) is 0. The fourth-order valence-electron chi connectivity index (χ4n) is 2.30. The number of hydrogen-bond acceptors (Lipinski definition) is 4. The van der Waals surface area contributed by atoms with Gasteiger partial charge in [-0.25, -0.2) is 23.7 Å². The van der Waals surface area contributed by atoms with Gasteiger partial charge in [-0.2, -0.15) is 0 Å². The molecular formula is C17H10F2N4O. The SMILES string of the molecule is Fc1cc(F)cc(Oc2ncc(-c3ccc4nccn4c3)cn2)c1. The standard InChI is InChI=1S/C17H10F2N4O/c18-13-5-14(19)7-15(6-13)24-17-21-8-12(9-22-17)11-1-2-16-20-3-4-23(16)10-11/h1-10H. The molecule has 7 heteroatoms. The molecule has 24 heavy (non-hydrogen) atoms. The predicted molar refractivity (Wildman–Crippen MR) is 82.7 cm³/mol. The van der Waals surface area contributed by atoms with E-state index in [-0.39, 0.29) is 11.8 Å². The van der Waals surface area contributed by atoms with Gasteiger partial charge in [0.05, 0.1) is 0 Å². The van der Waals surface area contributed by atoms with Crippen molar-refractivity contribution in [2.45, 2.75) is 0 Å². The first kappa shape index (κ1) is 14.3. The highest BCUT2D eigenvalue weighted by atomic mass is 19.1. The lowest BCUT2D eigenvalue weighted by molar-refractivity contribution is 0.432. The van der Waals surface area contributed by atoms with Gasteiger partial charge in [-0.1, -0.05) is 0 Å². The molecule has 4 aromatic rings. The van der Waals surface area contributed by atoms with Crippen molar-refractivity contribution in [3.63, 3.8) is 0 Å². The smallest absolute Gasteiger partial charge is 0.321 e. The first-order valence-corrected chi connectivity index (χ1v) is 7.06. The maximum Gasteiger partial charge on any atom is 0.321 e. The number of imidazole rings is 1. The van der Waals surface area contributed by atoms with Crippen LogP contribution in [0.2, 0.25) is 0 Å². The summed E-state index contributed by atoms with van der Waals surface area (Å²) in [6, 6.07) is 6.69. The van der Waals surface area contributed by atoms with Crippen molar-refractivity contribution in [2.24, 2.45) is 0 Å². The van der Waals surface area contributed by atoms with Crippen molar-refractivity contribution < 1.29 is 13.5 Å². The number of benzene rings is 1. The molecule has 0 aliphatic heterocycles. The van der Waals surface area contributed by atoms with Gasteiger partial charge < -0.3 is 9.14 Å². The first-order valence-electron chi connectivity index (χ1n) is 7.06. The summed E-state index contributed by atoms with van der Waals surface area (Å²) in [5, 5.41) is 0. The minimum absolute atomic E-state index is 0.0000788. The summed E-state index contributed by atoms with van der Waals surface area (Å²) in [6.45, 7) is 0. The molecule has 0 saturated heterocycles. The van der Waals surface area contributed by atoms with Gasteiger partial charge in [-0.3, -0.25) is 0 Å². The van der Waals surface area contributed by atoms with Crippen LogP contribution in [-0.2, 0) is 0 Å². The number of ether oxygens (including phenoxy) is 1. The molecule has 5 nitrogen and oxygen atoms in total. The van der Waals surface area contributed by atoms with Gasteiger partial charge in [-0.05, 0) is 12.1 Å². The molecule has 3 heterocycles. The van der Waals surface area contributed by atoms with Crippen LogP contribution in [0.5, 0.6) is 11.8 Å². The molecule has 0 radical (unpaired) electrons. The quantitative estimate of drug-likeness (QED) is 0.574. The number of pyridine rings is 1. The number of nitrogens with zero attached hydrogens (tertiary/aromatic N) is 4. The van der Waals surface area contributed by atoms with Gasteiger partial charge in [0.15, 0.2) is 0 Å². The summed E-state index contributed by atoms with van der Waals surface area (Å²) in [4.78, 5) is 12.3. The fourth-order valence-corrected chi connectivity index (χ4v) is 2.30. The normalized spacial score (nSPS) is 10.9. The van der Waals surface area contributed by atoms with Gasteiger partial charge >= 0.3 is 6.01 Å². The second kappa shape index (κ2) is 5.69. The summed E-state index contributed by atoms with van der Waals surface area (Å²) < 4.78 is 33.5. The number of fused-ring (bicyclic) bond motifs is 1. The van der Waals surface area contributed by atoms with E-state index >= 15 is 0 Å². The molecular weight excluding hydrogens is 314 g/mol. The molecule has 1 aromatic carbocycles. The molecule has 0 saturated carbocycles. The second-order valence-electron chi connectivity index (χ2n) is 5.07. The van der Waals surface area contributed by atoms with Gasteiger partial charge in [0.25, 0.3) is 0 Å². The lowest BCUT2D eigenvalue weighted by atomic mass is 10.1. The Kier molecular flexibility index (Phi) is 3.38. The largest absolute Gasteiger partial charge is 0.424 e. The molecule has 0 aliphatic rings. The number of halogens is 2. The van der Waals surface area contributed by atoms with Gasteiger partial charge in [0, 0.05) is 60.3 Å². The summed E-state index contributed by atoms with van der Waals surface area (Å²) in [7, 11) is 0. The topological polar surface area (TPSA) is 52.3 Å². The van der Waals surface area contributed by atoms with Gasteiger partial charge in [0.2, 0.25) is 0 Å². The van der Waals surface area contributed by atoms with E-state index in [4.69, 9.17) is 4.74 Å². The van der Waals surface area contributed by atoms with Crippen LogP contribution in [-0.4, -0.2) is 19.4 Å². The van der Waals surface area contributed by atoms with E-state index in [1.54, 1.807) is 18.6 Å². The van der Waals surface area contributed by atoms with E-state index < -0.39 is 11.6 Å². The highest BCUT2D eigenvalue weighted by Gasteiger charge is 2.06. The highest BCUT2D eigenvalue weighted by Crippen LogP contribution is 2.23. The molecule has 0 fully saturated rings. The number of hydrogen-bond donors (Lipinski definition) is 0.